The van der Waals surface area contributed by atoms with E-state index in [1.54, 1.807) is 24.8 Å². The monoisotopic (exact) mass is 331 g/mol. The summed E-state index contributed by atoms with van der Waals surface area (Å²) in [7, 11) is 0. The van der Waals surface area contributed by atoms with Gasteiger partial charge in [0.1, 0.15) is 11.6 Å². The van der Waals surface area contributed by atoms with Gasteiger partial charge < -0.3 is 10.1 Å². The van der Waals surface area contributed by atoms with Crippen LogP contribution in [0.25, 0.3) is 0 Å². The van der Waals surface area contributed by atoms with Gasteiger partial charge in [0.05, 0.1) is 6.04 Å². The van der Waals surface area contributed by atoms with Gasteiger partial charge in [-0.2, -0.15) is 0 Å². The van der Waals surface area contributed by atoms with Crippen molar-refractivity contribution < 1.29 is 13.9 Å². The number of fused-ring (bicyclic) bond motifs is 1. The molecule has 0 aliphatic carbocycles. The highest BCUT2D eigenvalue weighted by Gasteiger charge is 2.25. The first-order chi connectivity index (χ1) is 11.1. The topological polar surface area (TPSA) is 38.3 Å². The molecule has 0 bridgehead atoms. The van der Waals surface area contributed by atoms with Crippen LogP contribution in [0, 0.1) is 5.82 Å². The molecule has 1 aliphatic rings. The van der Waals surface area contributed by atoms with E-state index in [0.717, 1.165) is 22.6 Å². The summed E-state index contributed by atoms with van der Waals surface area (Å²) < 4.78 is 19.1. The lowest BCUT2D eigenvalue weighted by atomic mass is 10.0. The average Bonchev–Trinajstić information content (AvgIpc) is 2.56. The maximum absolute atomic E-state index is 13.5. The second-order valence-corrected chi connectivity index (χ2v) is 6.59. The molecule has 3 nitrogen and oxygen atoms in total. The third kappa shape index (κ3) is 3.85. The van der Waals surface area contributed by atoms with E-state index in [1.807, 2.05) is 30.3 Å². The molecule has 120 valence electrons. The standard InChI is InChI=1S/C18H18FNO2S/c1-12(22-14-5-3-2-4-6-14)18(21)20-16-9-10-23-17-8-7-13(19)11-15(16)17/h2-8,11-12,16H,9-10H2,1H3,(H,20,21)/t12-,16-/m0/s1. The number of carbonyl (C=O) groups is 1. The van der Waals surface area contributed by atoms with E-state index in [1.165, 1.54) is 12.1 Å². The van der Waals surface area contributed by atoms with Gasteiger partial charge in [-0.3, -0.25) is 4.79 Å². The van der Waals surface area contributed by atoms with Gasteiger partial charge in [0.25, 0.3) is 5.91 Å². The van der Waals surface area contributed by atoms with Crippen LogP contribution in [-0.2, 0) is 4.79 Å². The molecule has 5 heteroatoms. The van der Waals surface area contributed by atoms with E-state index < -0.39 is 6.10 Å². The number of rotatable bonds is 4. The van der Waals surface area contributed by atoms with Gasteiger partial charge in [0.15, 0.2) is 6.10 Å². The zero-order valence-corrected chi connectivity index (χ0v) is 13.6. The lowest BCUT2D eigenvalue weighted by molar-refractivity contribution is -0.128. The Kier molecular flexibility index (Phi) is 4.86. The van der Waals surface area contributed by atoms with Crippen molar-refractivity contribution in [2.45, 2.75) is 30.4 Å². The van der Waals surface area contributed by atoms with Gasteiger partial charge in [-0.05, 0) is 49.2 Å². The zero-order chi connectivity index (χ0) is 16.2. The summed E-state index contributed by atoms with van der Waals surface area (Å²) in [5.74, 6) is 1.08. The van der Waals surface area contributed by atoms with E-state index in [0.29, 0.717) is 5.75 Å². The summed E-state index contributed by atoms with van der Waals surface area (Å²) in [5.41, 5.74) is 0.849. The zero-order valence-electron chi connectivity index (χ0n) is 12.8. The van der Waals surface area contributed by atoms with Crippen LogP contribution in [0.1, 0.15) is 24.9 Å². The summed E-state index contributed by atoms with van der Waals surface area (Å²) in [6.45, 7) is 1.71. The third-order valence-corrected chi connectivity index (χ3v) is 4.88. The van der Waals surface area contributed by atoms with E-state index in [-0.39, 0.29) is 17.8 Å². The molecule has 0 unspecified atom stereocenters. The molecule has 0 spiro atoms. The van der Waals surface area contributed by atoms with Crippen molar-refractivity contribution in [1.82, 2.24) is 5.32 Å². The Bertz CT molecular complexity index is 693. The molecule has 1 amide bonds. The fourth-order valence-electron chi connectivity index (χ4n) is 2.56. The summed E-state index contributed by atoms with van der Waals surface area (Å²) in [5, 5.41) is 2.98. The Balaban J connectivity index is 1.68. The number of amides is 1. The Labute approximate surface area is 139 Å². The van der Waals surface area contributed by atoms with Crippen LogP contribution < -0.4 is 10.1 Å². The lowest BCUT2D eigenvalue weighted by Crippen LogP contribution is -2.39. The van der Waals surface area contributed by atoms with Crippen LogP contribution in [0.4, 0.5) is 4.39 Å². The maximum Gasteiger partial charge on any atom is 0.261 e. The molecular formula is C18H18FNO2S. The number of halogens is 1. The van der Waals surface area contributed by atoms with Gasteiger partial charge >= 0.3 is 0 Å². The number of nitrogens with one attached hydrogen (secondary N) is 1. The molecule has 0 aromatic heterocycles. The highest BCUT2D eigenvalue weighted by Crippen LogP contribution is 2.36. The number of hydrogen-bond acceptors (Lipinski definition) is 3. The van der Waals surface area contributed by atoms with Crippen molar-refractivity contribution in [2.75, 3.05) is 5.75 Å². The maximum atomic E-state index is 13.5. The molecule has 2 aromatic rings. The van der Waals surface area contributed by atoms with Crippen molar-refractivity contribution in [3.05, 3.63) is 59.9 Å². The minimum atomic E-state index is -0.607. The Hall–Kier alpha value is -2.01. The second kappa shape index (κ2) is 7.04. The summed E-state index contributed by atoms with van der Waals surface area (Å²) in [6, 6.07) is 13.8. The number of hydrogen-bond donors (Lipinski definition) is 1. The molecule has 1 heterocycles. The normalized spacial score (nSPS) is 17.9. The van der Waals surface area contributed by atoms with Crippen molar-refractivity contribution >= 4 is 17.7 Å². The van der Waals surface area contributed by atoms with Crippen LogP contribution in [0.15, 0.2) is 53.4 Å². The second-order valence-electron chi connectivity index (χ2n) is 5.45. The molecule has 1 aliphatic heterocycles. The van der Waals surface area contributed by atoms with Crippen molar-refractivity contribution in [1.29, 1.82) is 0 Å². The molecule has 2 atom stereocenters. The predicted octanol–water partition coefficient (Wildman–Crippen LogP) is 3.95. The number of thioether (sulfide) groups is 1. The largest absolute Gasteiger partial charge is 0.481 e. The van der Waals surface area contributed by atoms with Crippen LogP contribution in [0.2, 0.25) is 0 Å². The quantitative estimate of drug-likeness (QED) is 0.922. The molecule has 3 rings (SSSR count). The number of benzene rings is 2. The van der Waals surface area contributed by atoms with E-state index >= 15 is 0 Å². The van der Waals surface area contributed by atoms with Crippen molar-refractivity contribution in [2.24, 2.45) is 0 Å². The van der Waals surface area contributed by atoms with E-state index in [4.69, 9.17) is 4.74 Å². The minimum absolute atomic E-state index is 0.170. The summed E-state index contributed by atoms with van der Waals surface area (Å²) >= 11 is 1.69. The fourth-order valence-corrected chi connectivity index (χ4v) is 3.67. The number of para-hydroxylation sites is 1. The Morgan fingerprint density at radius 1 is 1.30 bits per heavy atom. The number of carbonyl (C=O) groups excluding carboxylic acids is 1. The van der Waals surface area contributed by atoms with Gasteiger partial charge in [0, 0.05) is 10.6 Å². The Morgan fingerprint density at radius 3 is 2.87 bits per heavy atom. The van der Waals surface area contributed by atoms with Crippen LogP contribution >= 0.6 is 11.8 Å². The van der Waals surface area contributed by atoms with E-state index in [9.17, 15) is 9.18 Å². The lowest BCUT2D eigenvalue weighted by Gasteiger charge is -2.27. The molecule has 0 saturated heterocycles. The molecule has 0 fully saturated rings. The molecule has 0 saturated carbocycles. The van der Waals surface area contributed by atoms with Crippen molar-refractivity contribution in [3.8, 4) is 5.75 Å². The van der Waals surface area contributed by atoms with Gasteiger partial charge in [-0.25, -0.2) is 4.39 Å². The van der Waals surface area contributed by atoms with E-state index in [2.05, 4.69) is 5.32 Å². The van der Waals surface area contributed by atoms with Gasteiger partial charge in [-0.15, -0.1) is 11.8 Å². The average molecular weight is 331 g/mol. The molecule has 0 radical (unpaired) electrons. The first kappa shape index (κ1) is 15.9. The highest BCUT2D eigenvalue weighted by molar-refractivity contribution is 7.99. The highest BCUT2D eigenvalue weighted by atomic mass is 32.2. The number of ether oxygens (including phenoxy) is 1. The fraction of sp³-hybridized carbons (Fsp3) is 0.278. The Morgan fingerprint density at radius 2 is 2.09 bits per heavy atom. The van der Waals surface area contributed by atoms with Gasteiger partial charge in [0.2, 0.25) is 0 Å². The molecule has 2 aromatic carbocycles. The predicted molar refractivity (Wildman–Crippen MR) is 89.2 cm³/mol. The smallest absolute Gasteiger partial charge is 0.261 e. The van der Waals surface area contributed by atoms with Crippen molar-refractivity contribution in [3.63, 3.8) is 0 Å². The summed E-state index contributed by atoms with van der Waals surface area (Å²) in [6.07, 6.45) is 0.175. The summed E-state index contributed by atoms with van der Waals surface area (Å²) in [4.78, 5) is 13.4. The van der Waals surface area contributed by atoms with Crippen LogP contribution in [-0.4, -0.2) is 17.8 Å². The van der Waals surface area contributed by atoms with Crippen LogP contribution in [0.5, 0.6) is 5.75 Å². The van der Waals surface area contributed by atoms with Gasteiger partial charge in [-0.1, -0.05) is 18.2 Å². The first-order valence-corrected chi connectivity index (χ1v) is 8.56. The SMILES string of the molecule is C[C@H](Oc1ccccc1)C(=O)N[C@H]1CCSc2ccc(F)cc21. The third-order valence-electron chi connectivity index (χ3n) is 3.75. The van der Waals surface area contributed by atoms with Crippen LogP contribution in [0.3, 0.4) is 0 Å². The molecular weight excluding hydrogens is 313 g/mol. The first-order valence-electron chi connectivity index (χ1n) is 7.58. The molecule has 23 heavy (non-hydrogen) atoms. The molecule has 1 N–H and O–H groups in total. The minimum Gasteiger partial charge on any atom is -0.481 e.